The van der Waals surface area contributed by atoms with Gasteiger partial charge in [0, 0.05) is 12.6 Å². The fraction of sp³-hybridized carbons (Fsp3) is 0.200. The number of nitrogens with zero attached hydrogens (tertiary/aromatic N) is 1. The topological polar surface area (TPSA) is 37.4 Å². The highest BCUT2D eigenvalue weighted by atomic mass is 32.2. The van der Waals surface area contributed by atoms with Crippen molar-refractivity contribution >= 4 is 15.7 Å². The second kappa shape index (κ2) is 3.72. The lowest BCUT2D eigenvalue weighted by Crippen LogP contribution is -2.24. The van der Waals surface area contributed by atoms with Crippen LogP contribution in [0, 0.1) is 12.3 Å². The van der Waals surface area contributed by atoms with Crippen LogP contribution in [0.1, 0.15) is 5.56 Å². The van der Waals surface area contributed by atoms with Gasteiger partial charge in [0.15, 0.2) is 0 Å². The van der Waals surface area contributed by atoms with Crippen LogP contribution in [0.3, 0.4) is 0 Å². The molecule has 0 aromatic heterocycles. The number of terminal acetylenes is 1. The Hall–Kier alpha value is -1.47. The molecule has 1 aromatic carbocycles. The molecule has 0 N–H and O–H groups in total. The zero-order chi connectivity index (χ0) is 10.8. The molecule has 4 heteroatoms. The number of hydrogen-bond acceptors (Lipinski definition) is 2. The van der Waals surface area contributed by atoms with E-state index < -0.39 is 10.0 Å². The van der Waals surface area contributed by atoms with Gasteiger partial charge in [0.2, 0.25) is 10.0 Å². The average molecular weight is 209 g/mol. The molecule has 0 saturated carbocycles. The van der Waals surface area contributed by atoms with Crippen LogP contribution < -0.4 is 4.31 Å². The third kappa shape index (κ3) is 2.27. The molecular weight excluding hydrogens is 198 g/mol. The fourth-order valence-electron chi connectivity index (χ4n) is 0.959. The zero-order valence-electron chi connectivity index (χ0n) is 8.06. The van der Waals surface area contributed by atoms with Gasteiger partial charge in [0.1, 0.15) is 0 Å². The van der Waals surface area contributed by atoms with Crippen molar-refractivity contribution in [3.8, 4) is 12.3 Å². The van der Waals surface area contributed by atoms with Gasteiger partial charge in [-0.25, -0.2) is 8.42 Å². The van der Waals surface area contributed by atoms with Crippen LogP contribution in [0.4, 0.5) is 5.69 Å². The summed E-state index contributed by atoms with van der Waals surface area (Å²) < 4.78 is 23.5. The minimum Gasteiger partial charge on any atom is -0.274 e. The summed E-state index contributed by atoms with van der Waals surface area (Å²) in [6, 6.07) is 6.76. The summed E-state index contributed by atoms with van der Waals surface area (Å²) in [4.78, 5) is 0. The normalized spacial score (nSPS) is 10.6. The Labute approximate surface area is 84.4 Å². The van der Waals surface area contributed by atoms with E-state index in [1.807, 2.05) is 0 Å². The van der Waals surface area contributed by atoms with Crippen molar-refractivity contribution < 1.29 is 8.42 Å². The van der Waals surface area contributed by atoms with Gasteiger partial charge in [-0.15, -0.1) is 6.42 Å². The molecule has 0 aliphatic heterocycles. The van der Waals surface area contributed by atoms with E-state index in [2.05, 4.69) is 5.92 Å². The summed E-state index contributed by atoms with van der Waals surface area (Å²) in [5, 5.41) is 0. The number of anilines is 1. The maximum atomic E-state index is 11.2. The monoisotopic (exact) mass is 209 g/mol. The average Bonchev–Trinajstić information content (AvgIpc) is 2.15. The molecule has 0 heterocycles. The van der Waals surface area contributed by atoms with Gasteiger partial charge >= 0.3 is 0 Å². The number of hydrogen-bond donors (Lipinski definition) is 0. The van der Waals surface area contributed by atoms with Crippen LogP contribution >= 0.6 is 0 Å². The van der Waals surface area contributed by atoms with Crippen molar-refractivity contribution in [2.75, 3.05) is 17.6 Å². The van der Waals surface area contributed by atoms with Crippen molar-refractivity contribution in [1.82, 2.24) is 0 Å². The van der Waals surface area contributed by atoms with E-state index in [-0.39, 0.29) is 0 Å². The zero-order valence-corrected chi connectivity index (χ0v) is 8.88. The number of benzene rings is 1. The van der Waals surface area contributed by atoms with Crippen LogP contribution in [-0.4, -0.2) is 21.7 Å². The number of rotatable bonds is 2. The van der Waals surface area contributed by atoms with Crippen LogP contribution in [0.25, 0.3) is 0 Å². The van der Waals surface area contributed by atoms with E-state index in [4.69, 9.17) is 6.42 Å². The van der Waals surface area contributed by atoms with Crippen molar-refractivity contribution in [2.45, 2.75) is 0 Å². The molecular formula is C10H11NO2S. The quantitative estimate of drug-likeness (QED) is 0.683. The summed E-state index contributed by atoms with van der Waals surface area (Å²) in [6.07, 6.45) is 6.33. The Morgan fingerprint density at radius 1 is 1.29 bits per heavy atom. The van der Waals surface area contributed by atoms with E-state index in [9.17, 15) is 8.42 Å². The summed E-state index contributed by atoms with van der Waals surface area (Å²) in [5.74, 6) is 2.46. The van der Waals surface area contributed by atoms with E-state index in [0.29, 0.717) is 5.69 Å². The van der Waals surface area contributed by atoms with Gasteiger partial charge in [0.05, 0.1) is 11.9 Å². The van der Waals surface area contributed by atoms with E-state index >= 15 is 0 Å². The van der Waals surface area contributed by atoms with Gasteiger partial charge in [-0.1, -0.05) is 5.92 Å². The van der Waals surface area contributed by atoms with Crippen molar-refractivity contribution in [1.29, 1.82) is 0 Å². The van der Waals surface area contributed by atoms with Crippen LogP contribution in [0.15, 0.2) is 24.3 Å². The van der Waals surface area contributed by atoms with Gasteiger partial charge in [-0.3, -0.25) is 4.31 Å². The van der Waals surface area contributed by atoms with E-state index in [0.717, 1.165) is 11.8 Å². The highest BCUT2D eigenvalue weighted by Crippen LogP contribution is 2.15. The fourth-order valence-corrected chi connectivity index (χ4v) is 1.46. The van der Waals surface area contributed by atoms with Gasteiger partial charge < -0.3 is 0 Å². The summed E-state index contributed by atoms with van der Waals surface area (Å²) in [5.41, 5.74) is 1.34. The van der Waals surface area contributed by atoms with E-state index in [1.54, 1.807) is 24.3 Å². The predicted octanol–water partition coefficient (Wildman–Crippen LogP) is 1.06. The molecule has 0 atom stereocenters. The van der Waals surface area contributed by atoms with Crippen molar-refractivity contribution in [3.05, 3.63) is 29.8 Å². The SMILES string of the molecule is C#Cc1ccc(N(C)S(C)(=O)=O)cc1. The molecule has 0 saturated heterocycles. The molecule has 0 spiro atoms. The lowest BCUT2D eigenvalue weighted by Gasteiger charge is -2.16. The minimum atomic E-state index is -3.19. The molecule has 0 aliphatic carbocycles. The molecule has 0 fully saturated rings. The highest BCUT2D eigenvalue weighted by molar-refractivity contribution is 7.92. The van der Waals surface area contributed by atoms with E-state index in [1.165, 1.54) is 11.4 Å². The lowest BCUT2D eigenvalue weighted by molar-refractivity contribution is 0.600. The van der Waals surface area contributed by atoms with Crippen LogP contribution in [0.5, 0.6) is 0 Å². The first-order valence-corrected chi connectivity index (χ1v) is 5.80. The lowest BCUT2D eigenvalue weighted by atomic mass is 10.2. The van der Waals surface area contributed by atoms with Crippen molar-refractivity contribution in [2.24, 2.45) is 0 Å². The first-order valence-electron chi connectivity index (χ1n) is 3.96. The summed E-state index contributed by atoms with van der Waals surface area (Å²) in [7, 11) is -1.69. The largest absolute Gasteiger partial charge is 0.274 e. The molecule has 3 nitrogen and oxygen atoms in total. The first kappa shape index (κ1) is 10.6. The van der Waals surface area contributed by atoms with Gasteiger partial charge in [0.25, 0.3) is 0 Å². The minimum absolute atomic E-state index is 0.603. The van der Waals surface area contributed by atoms with Crippen molar-refractivity contribution in [3.63, 3.8) is 0 Å². The Morgan fingerprint density at radius 3 is 2.14 bits per heavy atom. The molecule has 74 valence electrons. The maximum absolute atomic E-state index is 11.2. The Morgan fingerprint density at radius 2 is 1.79 bits per heavy atom. The Kier molecular flexibility index (Phi) is 2.82. The third-order valence-electron chi connectivity index (χ3n) is 1.90. The van der Waals surface area contributed by atoms with Crippen LogP contribution in [0.2, 0.25) is 0 Å². The number of sulfonamides is 1. The molecule has 1 rings (SSSR count). The second-order valence-electron chi connectivity index (χ2n) is 2.92. The standard InChI is InChI=1S/C10H11NO2S/c1-4-9-5-7-10(8-6-9)11(2)14(3,12)13/h1,5-8H,2-3H3. The van der Waals surface area contributed by atoms with Gasteiger partial charge in [-0.05, 0) is 24.3 Å². The Balaban J connectivity index is 3.06. The third-order valence-corrected chi connectivity index (χ3v) is 3.10. The first-order chi connectivity index (χ1) is 6.45. The summed E-state index contributed by atoms with van der Waals surface area (Å²) >= 11 is 0. The predicted molar refractivity (Wildman–Crippen MR) is 57.6 cm³/mol. The second-order valence-corrected chi connectivity index (χ2v) is 4.94. The highest BCUT2D eigenvalue weighted by Gasteiger charge is 2.10. The molecule has 0 unspecified atom stereocenters. The van der Waals surface area contributed by atoms with Gasteiger partial charge in [-0.2, -0.15) is 0 Å². The molecule has 1 aromatic rings. The molecule has 0 aliphatic rings. The van der Waals surface area contributed by atoms with Crippen LogP contribution in [-0.2, 0) is 10.0 Å². The smallest absolute Gasteiger partial charge is 0.231 e. The molecule has 0 radical (unpaired) electrons. The summed E-state index contributed by atoms with van der Waals surface area (Å²) in [6.45, 7) is 0. The maximum Gasteiger partial charge on any atom is 0.231 e. The molecule has 14 heavy (non-hydrogen) atoms. The molecule has 0 bridgehead atoms. The Bertz CT molecular complexity index is 454. The molecule has 0 amide bonds.